The van der Waals surface area contributed by atoms with E-state index < -0.39 is 12.1 Å². The third-order valence-electron chi connectivity index (χ3n) is 5.76. The molecule has 0 aliphatic heterocycles. The zero-order valence-electron chi connectivity index (χ0n) is 21.9. The number of Topliss-reactive ketones (excluding diaryl/α,β-unsaturated/α-hetero) is 1. The fraction of sp³-hybridized carbons (Fsp3) is 0.367. The highest BCUT2D eigenvalue weighted by Gasteiger charge is 2.27. The second kappa shape index (κ2) is 15.8. The number of hydrogen-bond donors (Lipinski definition) is 2. The van der Waals surface area contributed by atoms with Crippen LogP contribution in [-0.2, 0) is 37.9 Å². The van der Waals surface area contributed by atoms with E-state index in [4.69, 9.17) is 9.15 Å². The third-order valence-corrected chi connectivity index (χ3v) is 6.74. The molecule has 2 amide bonds. The summed E-state index contributed by atoms with van der Waals surface area (Å²) in [5.74, 6) is 0.915. The molecule has 0 saturated carbocycles. The van der Waals surface area contributed by atoms with Crippen LogP contribution >= 0.6 is 11.8 Å². The average molecular weight is 537 g/mol. The maximum absolute atomic E-state index is 13.3. The maximum Gasteiger partial charge on any atom is 0.246 e. The fourth-order valence-corrected chi connectivity index (χ4v) is 4.76. The number of ether oxygens (including phenoxy) is 1. The standard InChI is InChI=1S/C30H36N2O5S/c1-22(2)16-27(31-29(34)19-36-18-24-12-7-4-8-13-24)30(35)32-26(17-23-10-5-3-6-11-23)28(33)21-38-20-25-14-9-15-37-25/h3-15,22,26-27H,16-21H2,1-2H3,(H,31,34)(H,32,35)/t26-,27-/m0/s1. The Labute approximate surface area is 228 Å². The van der Waals surface area contributed by atoms with Crippen LogP contribution in [0.3, 0.4) is 0 Å². The number of amides is 2. The van der Waals surface area contributed by atoms with Crippen LogP contribution in [0.5, 0.6) is 0 Å². The van der Waals surface area contributed by atoms with Gasteiger partial charge in [0.2, 0.25) is 11.8 Å². The Balaban J connectivity index is 1.60. The number of carbonyl (C=O) groups excluding carboxylic acids is 3. The van der Waals surface area contributed by atoms with Gasteiger partial charge < -0.3 is 19.8 Å². The maximum atomic E-state index is 13.3. The lowest BCUT2D eigenvalue weighted by atomic mass is 10.00. The first-order chi connectivity index (χ1) is 18.4. The molecule has 0 aliphatic rings. The van der Waals surface area contributed by atoms with Crippen LogP contribution in [0.4, 0.5) is 0 Å². The lowest BCUT2D eigenvalue weighted by Crippen LogP contribution is -2.53. The lowest BCUT2D eigenvalue weighted by Gasteiger charge is -2.24. The molecular weight excluding hydrogens is 500 g/mol. The van der Waals surface area contributed by atoms with E-state index in [2.05, 4.69) is 10.6 Å². The van der Waals surface area contributed by atoms with Gasteiger partial charge in [-0.05, 0) is 42.0 Å². The number of benzene rings is 2. The highest BCUT2D eigenvalue weighted by molar-refractivity contribution is 7.99. The molecule has 0 spiro atoms. The van der Waals surface area contributed by atoms with Crippen molar-refractivity contribution in [3.8, 4) is 0 Å². The van der Waals surface area contributed by atoms with E-state index in [-0.39, 0.29) is 35.9 Å². The number of thioether (sulfide) groups is 1. The van der Waals surface area contributed by atoms with Gasteiger partial charge in [0, 0.05) is 0 Å². The van der Waals surface area contributed by atoms with Crippen molar-refractivity contribution in [2.45, 2.75) is 51.1 Å². The van der Waals surface area contributed by atoms with Crippen LogP contribution in [-0.4, -0.2) is 42.0 Å². The molecule has 0 saturated heterocycles. The molecule has 3 rings (SSSR count). The van der Waals surface area contributed by atoms with Gasteiger partial charge in [-0.25, -0.2) is 0 Å². The topological polar surface area (TPSA) is 97.6 Å². The van der Waals surface area contributed by atoms with Crippen molar-refractivity contribution in [3.05, 3.63) is 95.9 Å². The van der Waals surface area contributed by atoms with E-state index >= 15 is 0 Å². The summed E-state index contributed by atoms with van der Waals surface area (Å²) in [7, 11) is 0. The molecule has 8 heteroatoms. The molecule has 0 unspecified atom stereocenters. The molecule has 0 radical (unpaired) electrons. The first-order valence-corrected chi connectivity index (χ1v) is 13.9. The van der Waals surface area contributed by atoms with Gasteiger partial charge >= 0.3 is 0 Å². The normalized spacial score (nSPS) is 12.6. The molecule has 0 fully saturated rings. The van der Waals surface area contributed by atoms with Crippen LogP contribution in [0.2, 0.25) is 0 Å². The van der Waals surface area contributed by atoms with E-state index in [1.54, 1.807) is 6.26 Å². The molecule has 2 atom stereocenters. The fourth-order valence-electron chi connectivity index (χ4n) is 3.89. The Morgan fingerprint density at radius 3 is 2.18 bits per heavy atom. The summed E-state index contributed by atoms with van der Waals surface area (Å²) in [5, 5.41) is 5.72. The minimum absolute atomic E-state index is 0.0837. The van der Waals surface area contributed by atoms with Crippen molar-refractivity contribution in [2.24, 2.45) is 5.92 Å². The van der Waals surface area contributed by atoms with E-state index in [9.17, 15) is 14.4 Å². The van der Waals surface area contributed by atoms with Gasteiger partial charge in [-0.3, -0.25) is 14.4 Å². The highest BCUT2D eigenvalue weighted by atomic mass is 32.2. The van der Waals surface area contributed by atoms with Gasteiger partial charge in [0.1, 0.15) is 18.4 Å². The molecule has 3 aromatic rings. The quantitative estimate of drug-likeness (QED) is 0.279. The summed E-state index contributed by atoms with van der Waals surface area (Å²) >= 11 is 1.44. The predicted molar refractivity (Wildman–Crippen MR) is 149 cm³/mol. The van der Waals surface area contributed by atoms with Gasteiger partial charge in [-0.2, -0.15) is 0 Å². The van der Waals surface area contributed by atoms with Crippen molar-refractivity contribution >= 4 is 29.4 Å². The summed E-state index contributed by atoms with van der Waals surface area (Å²) in [6.45, 7) is 4.11. The summed E-state index contributed by atoms with van der Waals surface area (Å²) in [6.07, 6.45) is 2.41. The van der Waals surface area contributed by atoms with Gasteiger partial charge in [0.05, 0.1) is 30.4 Å². The molecule has 0 aliphatic carbocycles. The smallest absolute Gasteiger partial charge is 0.246 e. The molecule has 1 aromatic heterocycles. The Bertz CT molecular complexity index is 1120. The molecule has 7 nitrogen and oxygen atoms in total. The third kappa shape index (κ3) is 10.6. The van der Waals surface area contributed by atoms with Crippen LogP contribution < -0.4 is 10.6 Å². The number of carbonyl (C=O) groups is 3. The SMILES string of the molecule is CC(C)C[C@H](NC(=O)COCc1ccccc1)C(=O)N[C@@H](Cc1ccccc1)C(=O)CSCc1ccco1. The van der Waals surface area contributed by atoms with Crippen molar-refractivity contribution < 1.29 is 23.5 Å². The van der Waals surface area contributed by atoms with Crippen molar-refractivity contribution in [1.82, 2.24) is 10.6 Å². The van der Waals surface area contributed by atoms with Crippen LogP contribution in [0.15, 0.2) is 83.5 Å². The Morgan fingerprint density at radius 1 is 0.868 bits per heavy atom. The van der Waals surface area contributed by atoms with Crippen molar-refractivity contribution in [1.29, 1.82) is 0 Å². The summed E-state index contributed by atoms with van der Waals surface area (Å²) in [6, 6.07) is 21.3. The molecule has 2 aromatic carbocycles. The average Bonchev–Trinajstić information content (AvgIpc) is 3.42. The highest BCUT2D eigenvalue weighted by Crippen LogP contribution is 2.15. The molecule has 1 heterocycles. The predicted octanol–water partition coefficient (Wildman–Crippen LogP) is 4.56. The zero-order chi connectivity index (χ0) is 27.2. The number of hydrogen-bond acceptors (Lipinski definition) is 6. The monoisotopic (exact) mass is 536 g/mol. The molecule has 0 bridgehead atoms. The van der Waals surface area contributed by atoms with E-state index in [1.165, 1.54) is 11.8 Å². The molecule has 38 heavy (non-hydrogen) atoms. The Hall–Kier alpha value is -3.36. The van der Waals surface area contributed by atoms with Gasteiger partial charge in [-0.1, -0.05) is 74.5 Å². The van der Waals surface area contributed by atoms with E-state index in [0.29, 0.717) is 25.2 Å². The molecule has 2 N–H and O–H groups in total. The number of rotatable bonds is 16. The number of furan rings is 1. The first-order valence-electron chi connectivity index (χ1n) is 12.8. The van der Waals surface area contributed by atoms with Crippen molar-refractivity contribution in [2.75, 3.05) is 12.4 Å². The second-order valence-electron chi connectivity index (χ2n) is 9.52. The minimum atomic E-state index is -0.773. The van der Waals surface area contributed by atoms with Gasteiger partial charge in [0.15, 0.2) is 5.78 Å². The second-order valence-corrected chi connectivity index (χ2v) is 10.5. The Kier molecular flexibility index (Phi) is 12.1. The molecular formula is C30H36N2O5S. The lowest BCUT2D eigenvalue weighted by molar-refractivity contribution is -0.133. The largest absolute Gasteiger partial charge is 0.468 e. The summed E-state index contributed by atoms with van der Waals surface area (Å²) in [5.41, 5.74) is 1.91. The van der Waals surface area contributed by atoms with E-state index in [1.807, 2.05) is 86.6 Å². The first kappa shape index (κ1) is 29.2. The van der Waals surface area contributed by atoms with Gasteiger partial charge in [0.25, 0.3) is 0 Å². The van der Waals surface area contributed by atoms with Crippen LogP contribution in [0.25, 0.3) is 0 Å². The number of ketones is 1. The van der Waals surface area contributed by atoms with Crippen LogP contribution in [0, 0.1) is 5.92 Å². The summed E-state index contributed by atoms with van der Waals surface area (Å²) in [4.78, 5) is 39.1. The zero-order valence-corrected chi connectivity index (χ0v) is 22.7. The number of nitrogens with one attached hydrogen (secondary N) is 2. The summed E-state index contributed by atoms with van der Waals surface area (Å²) < 4.78 is 10.9. The Morgan fingerprint density at radius 2 is 1.55 bits per heavy atom. The molecule has 202 valence electrons. The van der Waals surface area contributed by atoms with E-state index in [0.717, 1.165) is 16.9 Å². The minimum Gasteiger partial charge on any atom is -0.468 e. The van der Waals surface area contributed by atoms with Crippen molar-refractivity contribution in [3.63, 3.8) is 0 Å². The van der Waals surface area contributed by atoms with Gasteiger partial charge in [-0.15, -0.1) is 11.8 Å². The van der Waals surface area contributed by atoms with Crippen LogP contribution in [0.1, 0.15) is 37.2 Å².